The normalized spacial score (nSPS) is 11.9. The van der Waals surface area contributed by atoms with Crippen LogP contribution in [-0.4, -0.2) is 44.3 Å². The molecule has 230 valence electrons. The summed E-state index contributed by atoms with van der Waals surface area (Å²) in [6, 6.07) is 26.0. The number of anilines is 1. The molecule has 4 rings (SSSR count). The smallest absolute Gasteiger partial charge is 0.264 e. The Labute approximate surface area is 273 Å². The topological polar surface area (TPSA) is 86.8 Å². The zero-order chi connectivity index (χ0) is 31.9. The molecule has 0 radical (unpaired) electrons. The van der Waals surface area contributed by atoms with Crippen LogP contribution >= 0.6 is 34.8 Å². The summed E-state index contributed by atoms with van der Waals surface area (Å²) >= 11 is 18.5. The number of para-hydroxylation sites is 1. The minimum Gasteiger partial charge on any atom is -0.355 e. The molecule has 0 aliphatic carbocycles. The number of amides is 2. The van der Waals surface area contributed by atoms with E-state index in [4.69, 9.17) is 34.8 Å². The third-order valence-electron chi connectivity index (χ3n) is 7.02. The van der Waals surface area contributed by atoms with E-state index in [0.717, 1.165) is 9.87 Å². The van der Waals surface area contributed by atoms with Gasteiger partial charge < -0.3 is 10.2 Å². The third-order valence-corrected chi connectivity index (χ3v) is 9.79. The van der Waals surface area contributed by atoms with Crippen molar-refractivity contribution in [3.05, 3.63) is 129 Å². The van der Waals surface area contributed by atoms with Gasteiger partial charge in [-0.25, -0.2) is 8.42 Å². The summed E-state index contributed by atoms with van der Waals surface area (Å²) in [6.45, 7) is 3.32. The molecule has 4 aromatic carbocycles. The number of halogens is 3. The number of nitrogens with one attached hydrogen (secondary N) is 1. The van der Waals surface area contributed by atoms with Gasteiger partial charge in [0.2, 0.25) is 11.8 Å². The first-order chi connectivity index (χ1) is 21.0. The molecule has 0 saturated carbocycles. The third kappa shape index (κ3) is 8.12. The van der Waals surface area contributed by atoms with Crippen molar-refractivity contribution in [3.8, 4) is 0 Å². The number of hydrogen-bond acceptors (Lipinski definition) is 4. The Bertz CT molecular complexity index is 1720. The maximum Gasteiger partial charge on any atom is 0.264 e. The van der Waals surface area contributed by atoms with Crippen molar-refractivity contribution in [3.63, 3.8) is 0 Å². The molecule has 0 heterocycles. The van der Waals surface area contributed by atoms with Crippen LogP contribution in [0.5, 0.6) is 0 Å². The Morgan fingerprint density at radius 3 is 2.11 bits per heavy atom. The largest absolute Gasteiger partial charge is 0.355 e. The van der Waals surface area contributed by atoms with Crippen molar-refractivity contribution in [1.29, 1.82) is 0 Å². The molecular formula is C33H32Cl3N3O4S. The average Bonchev–Trinajstić information content (AvgIpc) is 3.00. The lowest BCUT2D eigenvalue weighted by molar-refractivity contribution is -0.140. The SMILES string of the molecule is CCNC(=O)C(Cc1ccccc1)N(Cc1ccc(Cl)c(Cl)c1)C(=O)CN(c1ccccc1C)S(=O)(=O)c1ccc(Cl)cc1. The van der Waals surface area contributed by atoms with E-state index in [1.165, 1.54) is 29.2 Å². The standard InChI is InChI=1S/C33H32Cl3N3O4S/c1-3-37-33(41)31(20-24-10-5-4-6-11-24)38(21-25-13-18-28(35)29(36)19-25)32(40)22-39(30-12-8-7-9-23(30)2)44(42,43)27-16-14-26(34)15-17-27/h4-19,31H,3,20-22H2,1-2H3,(H,37,41). The van der Waals surface area contributed by atoms with Crippen molar-refractivity contribution < 1.29 is 18.0 Å². The van der Waals surface area contributed by atoms with Crippen LogP contribution in [0.15, 0.2) is 102 Å². The molecule has 0 aliphatic heterocycles. The maximum absolute atomic E-state index is 14.4. The zero-order valence-electron chi connectivity index (χ0n) is 24.2. The first-order valence-electron chi connectivity index (χ1n) is 13.9. The van der Waals surface area contributed by atoms with Gasteiger partial charge >= 0.3 is 0 Å². The van der Waals surface area contributed by atoms with Crippen molar-refractivity contribution >= 4 is 62.3 Å². The highest BCUT2D eigenvalue weighted by Gasteiger charge is 2.35. The van der Waals surface area contributed by atoms with E-state index in [-0.39, 0.29) is 23.8 Å². The van der Waals surface area contributed by atoms with E-state index < -0.39 is 28.5 Å². The van der Waals surface area contributed by atoms with Gasteiger partial charge in [0.15, 0.2) is 0 Å². The Kier molecular flexibility index (Phi) is 11.3. The van der Waals surface area contributed by atoms with E-state index in [0.29, 0.717) is 38.4 Å². The molecule has 0 aliphatic rings. The second-order valence-electron chi connectivity index (χ2n) is 10.1. The van der Waals surface area contributed by atoms with Gasteiger partial charge in [-0.05, 0) is 73.0 Å². The summed E-state index contributed by atoms with van der Waals surface area (Å²) in [5, 5.41) is 3.85. The van der Waals surface area contributed by atoms with Gasteiger partial charge in [-0.1, -0.05) is 89.4 Å². The van der Waals surface area contributed by atoms with Gasteiger partial charge in [-0.15, -0.1) is 0 Å². The summed E-state index contributed by atoms with van der Waals surface area (Å²) in [7, 11) is -4.23. The summed E-state index contributed by atoms with van der Waals surface area (Å²) in [5.41, 5.74) is 2.44. The van der Waals surface area contributed by atoms with Gasteiger partial charge in [0.1, 0.15) is 12.6 Å². The molecule has 1 unspecified atom stereocenters. The zero-order valence-corrected chi connectivity index (χ0v) is 27.3. The van der Waals surface area contributed by atoms with Gasteiger partial charge in [0, 0.05) is 24.5 Å². The molecule has 7 nitrogen and oxygen atoms in total. The molecule has 0 spiro atoms. The summed E-state index contributed by atoms with van der Waals surface area (Å²) in [6.07, 6.45) is 0.202. The van der Waals surface area contributed by atoms with Crippen LogP contribution in [0.25, 0.3) is 0 Å². The van der Waals surface area contributed by atoms with Gasteiger partial charge in [0.25, 0.3) is 10.0 Å². The van der Waals surface area contributed by atoms with Crippen molar-refractivity contribution in [1.82, 2.24) is 10.2 Å². The maximum atomic E-state index is 14.4. The predicted octanol–water partition coefficient (Wildman–Crippen LogP) is 6.93. The highest BCUT2D eigenvalue weighted by molar-refractivity contribution is 7.92. The summed E-state index contributed by atoms with van der Waals surface area (Å²) in [5.74, 6) is -0.947. The monoisotopic (exact) mass is 671 g/mol. The number of rotatable bonds is 12. The molecule has 1 N–H and O–H groups in total. The average molecular weight is 673 g/mol. The molecule has 0 fully saturated rings. The van der Waals surface area contributed by atoms with Crippen LogP contribution in [0.3, 0.4) is 0 Å². The van der Waals surface area contributed by atoms with Crippen LogP contribution in [0.2, 0.25) is 15.1 Å². The second kappa shape index (κ2) is 14.9. The van der Waals surface area contributed by atoms with Gasteiger partial charge in [-0.3, -0.25) is 13.9 Å². The van der Waals surface area contributed by atoms with E-state index in [1.807, 2.05) is 30.3 Å². The molecule has 0 saturated heterocycles. The van der Waals surface area contributed by atoms with Crippen molar-refractivity contribution in [2.75, 3.05) is 17.4 Å². The Morgan fingerprint density at radius 1 is 0.818 bits per heavy atom. The van der Waals surface area contributed by atoms with Crippen LogP contribution in [0.1, 0.15) is 23.6 Å². The van der Waals surface area contributed by atoms with E-state index in [1.54, 1.807) is 56.3 Å². The Hall–Kier alpha value is -3.56. The second-order valence-corrected chi connectivity index (χ2v) is 13.2. The van der Waals surface area contributed by atoms with Crippen LogP contribution in [-0.2, 0) is 32.6 Å². The number of nitrogens with zero attached hydrogens (tertiary/aromatic N) is 2. The number of benzene rings is 4. The van der Waals surface area contributed by atoms with Gasteiger partial charge in [0.05, 0.1) is 20.6 Å². The fraction of sp³-hybridized carbons (Fsp3) is 0.212. The summed E-state index contributed by atoms with van der Waals surface area (Å²) < 4.78 is 29.3. The molecule has 11 heteroatoms. The molecule has 44 heavy (non-hydrogen) atoms. The number of carbonyl (C=O) groups is 2. The molecule has 1 atom stereocenters. The van der Waals surface area contributed by atoms with E-state index >= 15 is 0 Å². The number of sulfonamides is 1. The highest BCUT2D eigenvalue weighted by atomic mass is 35.5. The molecule has 2 amide bonds. The lowest BCUT2D eigenvalue weighted by Gasteiger charge is -2.34. The number of likely N-dealkylation sites (N-methyl/N-ethyl adjacent to an activating group) is 1. The lowest BCUT2D eigenvalue weighted by Crippen LogP contribution is -2.53. The number of hydrogen-bond donors (Lipinski definition) is 1. The highest BCUT2D eigenvalue weighted by Crippen LogP contribution is 2.29. The van der Waals surface area contributed by atoms with E-state index in [9.17, 15) is 18.0 Å². The molecule has 0 bridgehead atoms. The fourth-order valence-electron chi connectivity index (χ4n) is 4.77. The predicted molar refractivity (Wildman–Crippen MR) is 177 cm³/mol. The number of carbonyl (C=O) groups excluding carboxylic acids is 2. The minimum absolute atomic E-state index is 0.0209. The first kappa shape index (κ1) is 33.3. The molecule has 0 aromatic heterocycles. The fourth-order valence-corrected chi connectivity index (χ4v) is 6.70. The van der Waals surface area contributed by atoms with Crippen molar-refractivity contribution in [2.45, 2.75) is 37.8 Å². The van der Waals surface area contributed by atoms with Crippen LogP contribution in [0.4, 0.5) is 5.69 Å². The molecular weight excluding hydrogens is 641 g/mol. The minimum atomic E-state index is -4.23. The Balaban J connectivity index is 1.82. The Morgan fingerprint density at radius 2 is 1.48 bits per heavy atom. The quantitative estimate of drug-likeness (QED) is 0.177. The summed E-state index contributed by atoms with van der Waals surface area (Å²) in [4.78, 5) is 29.4. The molecule has 4 aromatic rings. The van der Waals surface area contributed by atoms with E-state index in [2.05, 4.69) is 5.32 Å². The van der Waals surface area contributed by atoms with Crippen molar-refractivity contribution in [2.24, 2.45) is 0 Å². The lowest BCUT2D eigenvalue weighted by atomic mass is 10.0. The number of aryl methyl sites for hydroxylation is 1. The first-order valence-corrected chi connectivity index (χ1v) is 16.5. The van der Waals surface area contributed by atoms with Crippen LogP contribution in [0, 0.1) is 6.92 Å². The van der Waals surface area contributed by atoms with Gasteiger partial charge in [-0.2, -0.15) is 0 Å². The van der Waals surface area contributed by atoms with Crippen LogP contribution < -0.4 is 9.62 Å².